The van der Waals surface area contributed by atoms with Crippen LogP contribution in [-0.2, 0) is 16.1 Å². The summed E-state index contributed by atoms with van der Waals surface area (Å²) < 4.78 is 16.9. The lowest BCUT2D eigenvalue weighted by Gasteiger charge is -2.27. The van der Waals surface area contributed by atoms with Crippen molar-refractivity contribution in [3.8, 4) is 0 Å². The maximum Gasteiger partial charge on any atom is 0.0762 e. The molecule has 2 nitrogen and oxygen atoms in total. The molecule has 1 unspecified atom stereocenters. The third-order valence-corrected chi connectivity index (χ3v) is 6.01. The van der Waals surface area contributed by atoms with Gasteiger partial charge in [-0.2, -0.15) is 4.36 Å². The molecule has 0 spiro atoms. The van der Waals surface area contributed by atoms with Gasteiger partial charge in [0, 0.05) is 10.5 Å². The lowest BCUT2D eigenvalue weighted by molar-refractivity contribution is 0.637. The standard InChI is InChI=1S/C12H17NOS/c1-12(2,3)15(14)9-8-10-6-4-5-7-11(10)13-15/h4-7H,8-9H2,1-3H3. The van der Waals surface area contributed by atoms with Gasteiger partial charge >= 0.3 is 0 Å². The molecule has 1 aromatic rings. The first-order chi connectivity index (χ1) is 6.92. The van der Waals surface area contributed by atoms with E-state index < -0.39 is 9.73 Å². The minimum absolute atomic E-state index is 0.236. The van der Waals surface area contributed by atoms with Crippen LogP contribution in [0.4, 0.5) is 5.69 Å². The van der Waals surface area contributed by atoms with Crippen molar-refractivity contribution in [1.29, 1.82) is 0 Å². The molecular weight excluding hydrogens is 206 g/mol. The summed E-state index contributed by atoms with van der Waals surface area (Å²) in [5.41, 5.74) is 2.14. The van der Waals surface area contributed by atoms with Crippen molar-refractivity contribution in [2.45, 2.75) is 31.9 Å². The molecule has 0 bridgehead atoms. The molecule has 15 heavy (non-hydrogen) atoms. The maximum atomic E-state index is 12.6. The highest BCUT2D eigenvalue weighted by atomic mass is 32.2. The van der Waals surface area contributed by atoms with E-state index in [4.69, 9.17) is 0 Å². The highest BCUT2D eigenvalue weighted by molar-refractivity contribution is 7.95. The van der Waals surface area contributed by atoms with Crippen LogP contribution in [0.2, 0.25) is 0 Å². The molecule has 0 radical (unpaired) electrons. The summed E-state index contributed by atoms with van der Waals surface area (Å²) >= 11 is 0. The number of fused-ring (bicyclic) bond motifs is 1. The molecule has 0 fully saturated rings. The van der Waals surface area contributed by atoms with Gasteiger partial charge in [-0.1, -0.05) is 18.2 Å². The second kappa shape index (κ2) is 3.34. The normalized spacial score (nSPS) is 25.5. The summed E-state index contributed by atoms with van der Waals surface area (Å²) in [5.74, 6) is 0.688. The Labute approximate surface area is 91.9 Å². The smallest absolute Gasteiger partial charge is 0.0762 e. The lowest BCUT2D eigenvalue weighted by Crippen LogP contribution is -2.32. The summed E-state index contributed by atoms with van der Waals surface area (Å²) in [6, 6.07) is 8.00. The minimum Gasteiger partial charge on any atom is -0.249 e. The Morgan fingerprint density at radius 1 is 1.27 bits per heavy atom. The number of rotatable bonds is 0. The molecule has 1 aliphatic rings. The van der Waals surface area contributed by atoms with Gasteiger partial charge in [-0.3, -0.25) is 0 Å². The molecule has 0 N–H and O–H groups in total. The average Bonchev–Trinajstić information content (AvgIpc) is 2.16. The zero-order valence-corrected chi connectivity index (χ0v) is 10.3. The monoisotopic (exact) mass is 223 g/mol. The molecule has 3 heteroatoms. The molecule has 0 saturated carbocycles. The van der Waals surface area contributed by atoms with E-state index in [0.717, 1.165) is 12.1 Å². The Morgan fingerprint density at radius 3 is 2.60 bits per heavy atom. The van der Waals surface area contributed by atoms with Crippen molar-refractivity contribution in [1.82, 2.24) is 0 Å². The number of aryl methyl sites for hydroxylation is 1. The van der Waals surface area contributed by atoms with Gasteiger partial charge in [-0.15, -0.1) is 0 Å². The molecule has 0 aromatic heterocycles. The van der Waals surface area contributed by atoms with Gasteiger partial charge in [0.15, 0.2) is 0 Å². The first-order valence-electron chi connectivity index (χ1n) is 5.25. The topological polar surface area (TPSA) is 29.4 Å². The van der Waals surface area contributed by atoms with Crippen LogP contribution in [0.15, 0.2) is 28.6 Å². The van der Waals surface area contributed by atoms with Crippen LogP contribution in [0, 0.1) is 0 Å². The van der Waals surface area contributed by atoms with E-state index in [9.17, 15) is 4.21 Å². The van der Waals surface area contributed by atoms with Crippen LogP contribution < -0.4 is 0 Å². The van der Waals surface area contributed by atoms with Crippen molar-refractivity contribution in [3.05, 3.63) is 29.8 Å². The quantitative estimate of drug-likeness (QED) is 0.664. The first kappa shape index (κ1) is 10.7. The molecule has 1 heterocycles. The molecular formula is C12H17NOS. The predicted molar refractivity (Wildman–Crippen MR) is 65.0 cm³/mol. The third kappa shape index (κ3) is 1.81. The number of nitrogens with zero attached hydrogens (tertiary/aromatic N) is 1. The first-order valence-corrected chi connectivity index (χ1v) is 6.93. The average molecular weight is 223 g/mol. The summed E-state index contributed by atoms with van der Waals surface area (Å²) in [6.45, 7) is 6.02. The summed E-state index contributed by atoms with van der Waals surface area (Å²) in [4.78, 5) is 0. The largest absolute Gasteiger partial charge is 0.249 e. The maximum absolute atomic E-state index is 12.6. The van der Waals surface area contributed by atoms with Crippen LogP contribution in [0.25, 0.3) is 0 Å². The fourth-order valence-electron chi connectivity index (χ4n) is 1.71. The zero-order chi connectivity index (χ0) is 11.1. The fraction of sp³-hybridized carbons (Fsp3) is 0.500. The SMILES string of the molecule is CC(C)(C)S1(=O)=Nc2ccccc2CC1. The molecule has 1 aliphatic heterocycles. The Morgan fingerprint density at radius 2 is 1.93 bits per heavy atom. The second-order valence-electron chi connectivity index (χ2n) is 4.93. The number of benzene rings is 1. The Bertz CT molecular complexity index is 491. The lowest BCUT2D eigenvalue weighted by atomic mass is 10.1. The van der Waals surface area contributed by atoms with Crippen LogP contribution in [0.3, 0.4) is 0 Å². The number of hydrogen-bond donors (Lipinski definition) is 0. The van der Waals surface area contributed by atoms with Crippen molar-refractivity contribution in [3.63, 3.8) is 0 Å². The highest BCUT2D eigenvalue weighted by Crippen LogP contribution is 2.32. The van der Waals surface area contributed by atoms with E-state index in [-0.39, 0.29) is 4.75 Å². The summed E-state index contributed by atoms with van der Waals surface area (Å²) in [5, 5.41) is 0. The summed E-state index contributed by atoms with van der Waals surface area (Å²) in [6.07, 6.45) is 0.885. The predicted octanol–water partition coefficient (Wildman–Crippen LogP) is 3.14. The van der Waals surface area contributed by atoms with Crippen LogP contribution >= 0.6 is 0 Å². The van der Waals surface area contributed by atoms with Crippen LogP contribution in [0.5, 0.6) is 0 Å². The van der Waals surface area contributed by atoms with Crippen molar-refractivity contribution in [2.24, 2.45) is 4.36 Å². The minimum atomic E-state index is -2.09. The van der Waals surface area contributed by atoms with Gasteiger partial charge in [0.1, 0.15) is 0 Å². The Balaban J connectivity index is 2.60. The van der Waals surface area contributed by atoms with Gasteiger partial charge in [0.2, 0.25) is 0 Å². The molecule has 1 atom stereocenters. The van der Waals surface area contributed by atoms with Crippen molar-refractivity contribution < 1.29 is 4.21 Å². The number of hydrogen-bond acceptors (Lipinski definition) is 2. The molecule has 0 saturated heterocycles. The summed E-state index contributed by atoms with van der Waals surface area (Å²) in [7, 11) is -2.09. The van der Waals surface area contributed by atoms with Crippen molar-refractivity contribution >= 4 is 15.4 Å². The molecule has 0 aliphatic carbocycles. The van der Waals surface area contributed by atoms with Crippen LogP contribution in [-0.4, -0.2) is 14.7 Å². The van der Waals surface area contributed by atoms with E-state index >= 15 is 0 Å². The van der Waals surface area contributed by atoms with E-state index in [1.54, 1.807) is 0 Å². The second-order valence-corrected chi connectivity index (χ2v) is 8.02. The van der Waals surface area contributed by atoms with Gasteiger partial charge in [0.25, 0.3) is 0 Å². The molecule has 0 amide bonds. The van der Waals surface area contributed by atoms with Gasteiger partial charge in [0.05, 0.1) is 15.4 Å². The molecule has 82 valence electrons. The van der Waals surface area contributed by atoms with E-state index in [2.05, 4.69) is 10.4 Å². The van der Waals surface area contributed by atoms with Gasteiger partial charge in [-0.05, 0) is 38.8 Å². The Kier molecular flexibility index (Phi) is 2.38. The van der Waals surface area contributed by atoms with E-state index in [1.807, 2.05) is 39.0 Å². The van der Waals surface area contributed by atoms with Gasteiger partial charge in [-0.25, -0.2) is 4.21 Å². The van der Waals surface area contributed by atoms with Crippen LogP contribution in [0.1, 0.15) is 26.3 Å². The van der Waals surface area contributed by atoms with E-state index in [0.29, 0.717) is 5.75 Å². The zero-order valence-electron chi connectivity index (χ0n) is 9.49. The molecule has 2 rings (SSSR count). The van der Waals surface area contributed by atoms with Gasteiger partial charge < -0.3 is 0 Å². The third-order valence-electron chi connectivity index (χ3n) is 2.84. The van der Waals surface area contributed by atoms with Crippen molar-refractivity contribution in [2.75, 3.05) is 5.75 Å². The highest BCUT2D eigenvalue weighted by Gasteiger charge is 2.29. The molecule has 1 aromatic carbocycles. The van der Waals surface area contributed by atoms with E-state index in [1.165, 1.54) is 5.56 Å². The Hall–Kier alpha value is -0.830. The fourth-order valence-corrected chi connectivity index (χ4v) is 3.68.